The van der Waals surface area contributed by atoms with E-state index in [1.54, 1.807) is 36.5 Å². The summed E-state index contributed by atoms with van der Waals surface area (Å²) in [7, 11) is 1.33. The molecule has 7 heteroatoms. The number of hydrogen-bond acceptors (Lipinski definition) is 7. The van der Waals surface area contributed by atoms with Crippen LogP contribution in [0.15, 0.2) is 51.2 Å². The van der Waals surface area contributed by atoms with Crippen LogP contribution in [0.4, 0.5) is 5.69 Å². The first-order valence-electron chi connectivity index (χ1n) is 6.04. The Hall–Kier alpha value is -2.54. The van der Waals surface area contributed by atoms with Crippen molar-refractivity contribution in [1.29, 1.82) is 0 Å². The SMILES string of the molecule is COC(=O)c1cccnc1Sc1nc2ccc(N)cc2o1. The maximum Gasteiger partial charge on any atom is 0.340 e. The van der Waals surface area contributed by atoms with E-state index in [4.69, 9.17) is 14.9 Å². The lowest BCUT2D eigenvalue weighted by molar-refractivity contribution is 0.0596. The zero-order valence-electron chi connectivity index (χ0n) is 11.1. The lowest BCUT2D eigenvalue weighted by atomic mass is 10.3. The summed E-state index contributed by atoms with van der Waals surface area (Å²) in [5, 5.41) is 0.864. The number of hydrogen-bond donors (Lipinski definition) is 1. The third kappa shape index (κ3) is 2.68. The number of methoxy groups -OCH3 is 1. The number of anilines is 1. The van der Waals surface area contributed by atoms with E-state index in [0.717, 1.165) is 11.8 Å². The molecule has 0 aliphatic rings. The van der Waals surface area contributed by atoms with Gasteiger partial charge in [-0.05, 0) is 36.0 Å². The molecule has 3 aromatic rings. The average molecular weight is 301 g/mol. The monoisotopic (exact) mass is 301 g/mol. The molecule has 0 unspecified atom stereocenters. The number of nitrogens with zero attached hydrogens (tertiary/aromatic N) is 2. The van der Waals surface area contributed by atoms with Crippen LogP contribution >= 0.6 is 11.8 Å². The smallest absolute Gasteiger partial charge is 0.340 e. The summed E-state index contributed by atoms with van der Waals surface area (Å²) in [4.78, 5) is 20.2. The van der Waals surface area contributed by atoms with Gasteiger partial charge in [-0.2, -0.15) is 0 Å². The normalized spacial score (nSPS) is 10.7. The van der Waals surface area contributed by atoms with Crippen molar-refractivity contribution in [2.45, 2.75) is 10.2 Å². The molecule has 0 bridgehead atoms. The van der Waals surface area contributed by atoms with Crippen molar-refractivity contribution >= 4 is 34.5 Å². The number of esters is 1. The maximum absolute atomic E-state index is 11.7. The van der Waals surface area contributed by atoms with E-state index in [1.807, 2.05) is 0 Å². The molecule has 2 aromatic heterocycles. The number of nitrogen functional groups attached to an aromatic ring is 1. The second-order valence-corrected chi connectivity index (χ2v) is 5.10. The molecular formula is C14H11N3O3S. The minimum atomic E-state index is -0.453. The first kappa shape index (κ1) is 13.4. The number of nitrogens with two attached hydrogens (primary N) is 1. The number of carbonyl (C=O) groups is 1. The summed E-state index contributed by atoms with van der Waals surface area (Å²) < 4.78 is 10.3. The molecule has 21 heavy (non-hydrogen) atoms. The van der Waals surface area contributed by atoms with Crippen LogP contribution in [-0.4, -0.2) is 23.0 Å². The van der Waals surface area contributed by atoms with Crippen molar-refractivity contribution in [3.05, 3.63) is 42.1 Å². The first-order valence-corrected chi connectivity index (χ1v) is 6.86. The maximum atomic E-state index is 11.7. The van der Waals surface area contributed by atoms with Gasteiger partial charge < -0.3 is 14.9 Å². The van der Waals surface area contributed by atoms with Crippen molar-refractivity contribution in [2.24, 2.45) is 0 Å². The number of aromatic nitrogens is 2. The largest absolute Gasteiger partial charge is 0.465 e. The van der Waals surface area contributed by atoms with E-state index in [2.05, 4.69) is 9.97 Å². The number of carbonyl (C=O) groups excluding carboxylic acids is 1. The number of pyridine rings is 1. The van der Waals surface area contributed by atoms with Crippen molar-refractivity contribution in [3.8, 4) is 0 Å². The molecule has 0 aliphatic heterocycles. The first-order chi connectivity index (χ1) is 10.2. The zero-order chi connectivity index (χ0) is 14.8. The Kier molecular flexibility index (Phi) is 3.49. The lowest BCUT2D eigenvalue weighted by Crippen LogP contribution is -2.03. The topological polar surface area (TPSA) is 91.2 Å². The molecule has 0 atom stereocenters. The summed E-state index contributed by atoms with van der Waals surface area (Å²) in [6.45, 7) is 0. The van der Waals surface area contributed by atoms with Crippen LogP contribution < -0.4 is 5.73 Å². The van der Waals surface area contributed by atoms with Gasteiger partial charge in [0.15, 0.2) is 5.58 Å². The van der Waals surface area contributed by atoms with Gasteiger partial charge in [0.25, 0.3) is 5.22 Å². The van der Waals surface area contributed by atoms with Crippen LogP contribution in [0.3, 0.4) is 0 Å². The number of benzene rings is 1. The fourth-order valence-electron chi connectivity index (χ4n) is 1.78. The van der Waals surface area contributed by atoms with E-state index in [0.29, 0.717) is 32.6 Å². The summed E-state index contributed by atoms with van der Waals surface area (Å²) in [5.74, 6) is -0.453. The highest BCUT2D eigenvalue weighted by Crippen LogP contribution is 2.31. The minimum Gasteiger partial charge on any atom is -0.465 e. The molecule has 6 nitrogen and oxygen atoms in total. The highest BCUT2D eigenvalue weighted by atomic mass is 32.2. The van der Waals surface area contributed by atoms with Gasteiger partial charge >= 0.3 is 5.97 Å². The van der Waals surface area contributed by atoms with Crippen molar-refractivity contribution < 1.29 is 13.9 Å². The molecular weight excluding hydrogens is 290 g/mol. The number of oxazole rings is 1. The van der Waals surface area contributed by atoms with Crippen molar-refractivity contribution in [1.82, 2.24) is 9.97 Å². The Morgan fingerprint density at radius 1 is 1.38 bits per heavy atom. The Bertz CT molecular complexity index is 816. The molecule has 106 valence electrons. The number of fused-ring (bicyclic) bond motifs is 1. The van der Waals surface area contributed by atoms with E-state index in [-0.39, 0.29) is 0 Å². The summed E-state index contributed by atoms with van der Waals surface area (Å²) in [6, 6.07) is 8.54. The van der Waals surface area contributed by atoms with Crippen LogP contribution in [0, 0.1) is 0 Å². The van der Waals surface area contributed by atoms with Gasteiger partial charge in [-0.25, -0.2) is 14.8 Å². The average Bonchev–Trinajstić information content (AvgIpc) is 2.88. The second kappa shape index (κ2) is 5.45. The molecule has 3 rings (SSSR count). The molecule has 0 fully saturated rings. The molecule has 0 radical (unpaired) electrons. The summed E-state index contributed by atoms with van der Waals surface area (Å²) in [5.41, 5.74) is 7.95. The van der Waals surface area contributed by atoms with Gasteiger partial charge in [0, 0.05) is 18.0 Å². The predicted octanol–water partition coefficient (Wildman–Crippen LogP) is 2.74. The fraction of sp³-hybridized carbons (Fsp3) is 0.0714. The lowest BCUT2D eigenvalue weighted by Gasteiger charge is -2.03. The van der Waals surface area contributed by atoms with Crippen LogP contribution in [0.25, 0.3) is 11.1 Å². The standard InChI is InChI=1S/C14H11N3O3S/c1-19-13(18)9-3-2-6-16-12(9)21-14-17-10-5-4-8(15)7-11(10)20-14/h2-7H,15H2,1H3. The quantitative estimate of drug-likeness (QED) is 0.587. The number of ether oxygens (including phenoxy) is 1. The Labute approximate surface area is 124 Å². The van der Waals surface area contributed by atoms with Crippen molar-refractivity contribution in [2.75, 3.05) is 12.8 Å². The van der Waals surface area contributed by atoms with Gasteiger partial charge in [0.1, 0.15) is 10.5 Å². The summed E-state index contributed by atoms with van der Waals surface area (Å²) in [6.07, 6.45) is 1.59. The predicted molar refractivity (Wildman–Crippen MR) is 78.1 cm³/mol. The highest BCUT2D eigenvalue weighted by Gasteiger charge is 2.16. The van der Waals surface area contributed by atoms with Crippen LogP contribution in [-0.2, 0) is 4.74 Å². The third-order valence-electron chi connectivity index (χ3n) is 2.75. The third-order valence-corrected chi connectivity index (χ3v) is 3.62. The van der Waals surface area contributed by atoms with Crippen LogP contribution in [0.2, 0.25) is 0 Å². The Balaban J connectivity index is 1.97. The summed E-state index contributed by atoms with van der Waals surface area (Å²) >= 11 is 1.16. The fourth-order valence-corrected chi connectivity index (χ4v) is 2.60. The van der Waals surface area contributed by atoms with E-state index in [9.17, 15) is 4.79 Å². The van der Waals surface area contributed by atoms with Gasteiger partial charge in [0.2, 0.25) is 0 Å². The minimum absolute atomic E-state index is 0.367. The zero-order valence-corrected chi connectivity index (χ0v) is 11.9. The van der Waals surface area contributed by atoms with Crippen LogP contribution in [0.1, 0.15) is 10.4 Å². The van der Waals surface area contributed by atoms with Gasteiger partial charge in [0.05, 0.1) is 12.7 Å². The van der Waals surface area contributed by atoms with E-state index < -0.39 is 5.97 Å². The molecule has 0 spiro atoms. The second-order valence-electron chi connectivity index (χ2n) is 4.16. The van der Waals surface area contributed by atoms with Gasteiger partial charge in [-0.1, -0.05) is 0 Å². The molecule has 1 aromatic carbocycles. The van der Waals surface area contributed by atoms with Crippen molar-refractivity contribution in [3.63, 3.8) is 0 Å². The number of rotatable bonds is 3. The molecule has 0 saturated heterocycles. The molecule has 0 aliphatic carbocycles. The Morgan fingerprint density at radius 3 is 3.05 bits per heavy atom. The van der Waals surface area contributed by atoms with Crippen LogP contribution in [0.5, 0.6) is 0 Å². The Morgan fingerprint density at radius 2 is 2.24 bits per heavy atom. The van der Waals surface area contributed by atoms with Gasteiger partial charge in [-0.15, -0.1) is 0 Å². The van der Waals surface area contributed by atoms with E-state index in [1.165, 1.54) is 7.11 Å². The van der Waals surface area contributed by atoms with Gasteiger partial charge in [-0.3, -0.25) is 0 Å². The molecule has 0 saturated carbocycles. The molecule has 2 heterocycles. The highest BCUT2D eigenvalue weighted by molar-refractivity contribution is 7.99. The van der Waals surface area contributed by atoms with E-state index >= 15 is 0 Å². The molecule has 0 amide bonds. The molecule has 2 N–H and O–H groups in total.